The van der Waals surface area contributed by atoms with Gasteiger partial charge in [-0.1, -0.05) is 13.8 Å². The molecule has 0 bridgehead atoms. The van der Waals surface area contributed by atoms with Gasteiger partial charge in [0.05, 0.1) is 12.6 Å². The summed E-state index contributed by atoms with van der Waals surface area (Å²) >= 11 is 0. The summed E-state index contributed by atoms with van der Waals surface area (Å²) in [5, 5.41) is 15.6. The van der Waals surface area contributed by atoms with E-state index < -0.39 is 5.41 Å². The molecule has 0 unspecified atom stereocenters. The van der Waals surface area contributed by atoms with Crippen LogP contribution in [0.5, 0.6) is 0 Å². The van der Waals surface area contributed by atoms with Gasteiger partial charge in [0, 0.05) is 37.2 Å². The molecule has 9 nitrogen and oxygen atoms in total. The van der Waals surface area contributed by atoms with Gasteiger partial charge < -0.3 is 15.5 Å². The van der Waals surface area contributed by atoms with Crippen molar-refractivity contribution < 1.29 is 9.59 Å². The topological polar surface area (TPSA) is 114 Å². The van der Waals surface area contributed by atoms with Crippen LogP contribution in [0.25, 0.3) is 0 Å². The van der Waals surface area contributed by atoms with Crippen LogP contribution in [0.15, 0.2) is 36.5 Å². The first kappa shape index (κ1) is 20.6. The minimum atomic E-state index is -1.00. The van der Waals surface area contributed by atoms with Gasteiger partial charge in [0.25, 0.3) is 0 Å². The highest BCUT2D eigenvalue weighted by Gasteiger charge is 2.50. The number of nitrogens with zero attached hydrogens (tertiary/aromatic N) is 5. The number of piperazine rings is 1. The van der Waals surface area contributed by atoms with E-state index >= 15 is 0 Å². The Bertz CT molecular complexity index is 1030. The van der Waals surface area contributed by atoms with Crippen LogP contribution in [0.3, 0.4) is 0 Å². The Kier molecular flexibility index (Phi) is 5.46. The molecular formula is C22H25N7O2. The predicted molar refractivity (Wildman–Crippen MR) is 117 cm³/mol. The Morgan fingerprint density at radius 1 is 1.19 bits per heavy atom. The molecule has 4 rings (SSSR count). The Morgan fingerprint density at radius 2 is 1.97 bits per heavy atom. The lowest BCUT2D eigenvalue weighted by atomic mass is 9.77. The standard InChI is InChI=1S/C22H25N7O2/c1-15(2)22(14-23)8-11-29(20(22)31)18-7-9-25-21(27-18)26-16-3-5-17(6-4-16)28-12-10-24-19(30)13-28/h3-7,9,15H,8,10-13H2,1-2H3,(H,24,30)(H,25,26,27)/t22-/m1/s1. The number of nitriles is 1. The summed E-state index contributed by atoms with van der Waals surface area (Å²) in [7, 11) is 0. The van der Waals surface area contributed by atoms with Crippen LogP contribution in [0.4, 0.5) is 23.1 Å². The van der Waals surface area contributed by atoms with Crippen LogP contribution in [0, 0.1) is 22.7 Å². The Morgan fingerprint density at radius 3 is 2.61 bits per heavy atom. The fraction of sp³-hybridized carbons (Fsp3) is 0.409. The molecule has 2 aliphatic rings. The fourth-order valence-electron chi connectivity index (χ4n) is 4.03. The van der Waals surface area contributed by atoms with Crippen molar-refractivity contribution in [2.24, 2.45) is 11.3 Å². The van der Waals surface area contributed by atoms with Crippen molar-refractivity contribution in [3.05, 3.63) is 36.5 Å². The molecule has 1 aromatic heterocycles. The minimum Gasteiger partial charge on any atom is -0.360 e. The van der Waals surface area contributed by atoms with Crippen molar-refractivity contribution >= 4 is 35.0 Å². The normalized spacial score (nSPS) is 21.2. The average Bonchev–Trinajstić information content (AvgIpc) is 3.12. The van der Waals surface area contributed by atoms with E-state index in [1.54, 1.807) is 17.2 Å². The quantitative estimate of drug-likeness (QED) is 0.762. The van der Waals surface area contributed by atoms with E-state index in [-0.39, 0.29) is 17.7 Å². The van der Waals surface area contributed by atoms with Gasteiger partial charge in [0.1, 0.15) is 11.2 Å². The number of carbonyl (C=O) groups is 2. The van der Waals surface area contributed by atoms with Crippen LogP contribution in [-0.2, 0) is 9.59 Å². The second kappa shape index (κ2) is 8.22. The molecule has 1 aromatic carbocycles. The number of amides is 2. The Hall–Kier alpha value is -3.67. The Labute approximate surface area is 181 Å². The van der Waals surface area contributed by atoms with Crippen LogP contribution >= 0.6 is 0 Å². The first-order chi connectivity index (χ1) is 14.9. The summed E-state index contributed by atoms with van der Waals surface area (Å²) in [5.41, 5.74) is 0.766. The predicted octanol–water partition coefficient (Wildman–Crippen LogP) is 2.06. The maximum atomic E-state index is 13.0. The zero-order valence-corrected chi connectivity index (χ0v) is 17.6. The summed E-state index contributed by atoms with van der Waals surface area (Å²) < 4.78 is 0. The maximum Gasteiger partial charge on any atom is 0.248 e. The number of nitrogens with one attached hydrogen (secondary N) is 2. The highest BCUT2D eigenvalue weighted by molar-refractivity contribution is 6.01. The molecule has 2 saturated heterocycles. The largest absolute Gasteiger partial charge is 0.360 e. The van der Waals surface area contributed by atoms with E-state index in [0.717, 1.165) is 17.9 Å². The first-order valence-electron chi connectivity index (χ1n) is 10.4. The third kappa shape index (κ3) is 3.89. The number of aromatic nitrogens is 2. The van der Waals surface area contributed by atoms with E-state index in [2.05, 4.69) is 26.7 Å². The lowest BCUT2D eigenvalue weighted by molar-refractivity contribution is -0.124. The van der Waals surface area contributed by atoms with Gasteiger partial charge in [-0.3, -0.25) is 14.5 Å². The second-order valence-electron chi connectivity index (χ2n) is 8.13. The second-order valence-corrected chi connectivity index (χ2v) is 8.13. The van der Waals surface area contributed by atoms with Gasteiger partial charge >= 0.3 is 0 Å². The summed E-state index contributed by atoms with van der Waals surface area (Å²) in [6.07, 6.45) is 2.09. The third-order valence-electron chi connectivity index (χ3n) is 5.99. The molecular weight excluding hydrogens is 394 g/mol. The first-order valence-corrected chi connectivity index (χ1v) is 10.4. The molecule has 0 radical (unpaired) electrons. The molecule has 1 atom stereocenters. The number of carbonyl (C=O) groups excluding carboxylic acids is 2. The molecule has 0 aliphatic carbocycles. The number of rotatable bonds is 5. The van der Waals surface area contributed by atoms with Crippen molar-refractivity contribution in [1.29, 1.82) is 5.26 Å². The van der Waals surface area contributed by atoms with Crippen molar-refractivity contribution in [1.82, 2.24) is 15.3 Å². The SMILES string of the molecule is CC(C)[C@]1(C#N)CCN(c2ccnc(Nc3ccc(N4CCNC(=O)C4)cc3)n2)C1=O. The molecule has 3 heterocycles. The van der Waals surface area contributed by atoms with Crippen molar-refractivity contribution in [3.63, 3.8) is 0 Å². The molecule has 31 heavy (non-hydrogen) atoms. The van der Waals surface area contributed by atoms with Gasteiger partial charge in [0.2, 0.25) is 17.8 Å². The average molecular weight is 419 g/mol. The molecule has 2 N–H and O–H groups in total. The highest BCUT2D eigenvalue weighted by Crippen LogP contribution is 2.40. The summed E-state index contributed by atoms with van der Waals surface area (Å²) in [6.45, 7) is 6.02. The van der Waals surface area contributed by atoms with Crippen molar-refractivity contribution in [2.75, 3.05) is 41.3 Å². The molecule has 2 amide bonds. The van der Waals surface area contributed by atoms with Gasteiger partial charge in [-0.2, -0.15) is 10.2 Å². The molecule has 9 heteroatoms. The van der Waals surface area contributed by atoms with Crippen LogP contribution in [-0.4, -0.2) is 48.0 Å². The number of hydrogen-bond donors (Lipinski definition) is 2. The molecule has 0 spiro atoms. The molecule has 2 aliphatic heterocycles. The number of hydrogen-bond acceptors (Lipinski definition) is 7. The Balaban J connectivity index is 1.48. The zero-order chi connectivity index (χ0) is 22.0. The number of anilines is 4. The summed E-state index contributed by atoms with van der Waals surface area (Å²) in [6, 6.07) is 11.6. The smallest absolute Gasteiger partial charge is 0.248 e. The van der Waals surface area contributed by atoms with E-state index in [1.165, 1.54) is 0 Å². The van der Waals surface area contributed by atoms with E-state index in [9.17, 15) is 14.9 Å². The third-order valence-corrected chi connectivity index (χ3v) is 5.99. The monoisotopic (exact) mass is 419 g/mol. The summed E-state index contributed by atoms with van der Waals surface area (Å²) in [5.74, 6) is 0.599. The van der Waals surface area contributed by atoms with Crippen molar-refractivity contribution in [2.45, 2.75) is 20.3 Å². The lowest BCUT2D eigenvalue weighted by Gasteiger charge is -2.28. The van der Waals surface area contributed by atoms with Crippen LogP contribution < -0.4 is 20.4 Å². The number of benzene rings is 1. The van der Waals surface area contributed by atoms with Gasteiger partial charge in [-0.25, -0.2) is 4.98 Å². The molecule has 0 saturated carbocycles. The van der Waals surface area contributed by atoms with E-state index in [4.69, 9.17) is 0 Å². The minimum absolute atomic E-state index is 0.0213. The molecule has 160 valence electrons. The highest BCUT2D eigenvalue weighted by atomic mass is 16.2. The van der Waals surface area contributed by atoms with Crippen LogP contribution in [0.1, 0.15) is 20.3 Å². The fourth-order valence-corrected chi connectivity index (χ4v) is 4.03. The van der Waals surface area contributed by atoms with E-state index in [1.807, 2.05) is 43.0 Å². The maximum absolute atomic E-state index is 13.0. The van der Waals surface area contributed by atoms with Gasteiger partial charge in [-0.15, -0.1) is 0 Å². The molecule has 2 fully saturated rings. The van der Waals surface area contributed by atoms with Gasteiger partial charge in [-0.05, 0) is 42.7 Å². The van der Waals surface area contributed by atoms with Crippen molar-refractivity contribution in [3.8, 4) is 6.07 Å². The lowest BCUT2D eigenvalue weighted by Crippen LogP contribution is -2.47. The molecule has 2 aromatic rings. The van der Waals surface area contributed by atoms with E-state index in [0.29, 0.717) is 37.8 Å². The van der Waals surface area contributed by atoms with Gasteiger partial charge in [0.15, 0.2) is 0 Å². The zero-order valence-electron chi connectivity index (χ0n) is 17.6. The van der Waals surface area contributed by atoms with Crippen LogP contribution in [0.2, 0.25) is 0 Å². The summed E-state index contributed by atoms with van der Waals surface area (Å²) in [4.78, 5) is 36.9.